The van der Waals surface area contributed by atoms with Crippen molar-refractivity contribution in [2.75, 3.05) is 35.7 Å². The minimum Gasteiger partial charge on any atom is -0.365 e. The van der Waals surface area contributed by atoms with E-state index in [0.29, 0.717) is 48.2 Å². The minimum absolute atomic E-state index is 0.0801. The van der Waals surface area contributed by atoms with Gasteiger partial charge in [-0.15, -0.1) is 0 Å². The Morgan fingerprint density at radius 3 is 2.69 bits per heavy atom. The van der Waals surface area contributed by atoms with Crippen LogP contribution in [0.3, 0.4) is 0 Å². The largest absolute Gasteiger partial charge is 0.365 e. The molecule has 1 fully saturated rings. The highest BCUT2D eigenvalue weighted by Gasteiger charge is 2.28. The van der Waals surface area contributed by atoms with Gasteiger partial charge in [0.05, 0.1) is 17.4 Å². The molecule has 0 saturated carbocycles. The molecule has 1 atom stereocenters. The molecule has 5 rings (SSSR count). The molecule has 13 heteroatoms. The summed E-state index contributed by atoms with van der Waals surface area (Å²) in [6, 6.07) is 1.33. The van der Waals surface area contributed by atoms with E-state index in [9.17, 15) is 9.59 Å². The zero-order chi connectivity index (χ0) is 27.9. The molecule has 1 unspecified atom stereocenters. The number of anilines is 3. The van der Waals surface area contributed by atoms with Crippen molar-refractivity contribution in [3.63, 3.8) is 0 Å². The van der Waals surface area contributed by atoms with Crippen molar-refractivity contribution in [1.29, 1.82) is 0 Å². The topological polar surface area (TPSA) is 135 Å². The van der Waals surface area contributed by atoms with Gasteiger partial charge in [-0.1, -0.05) is 0 Å². The number of rotatable bonds is 6. The van der Waals surface area contributed by atoms with Gasteiger partial charge >= 0.3 is 6.03 Å². The molecule has 12 nitrogen and oxygen atoms in total. The normalized spacial score (nSPS) is 15.8. The number of aromatic nitrogens is 6. The maximum absolute atomic E-state index is 13.5. The molecule has 39 heavy (non-hydrogen) atoms. The Morgan fingerprint density at radius 2 is 2.03 bits per heavy atom. The summed E-state index contributed by atoms with van der Waals surface area (Å²) < 4.78 is 7.73. The standard InChI is InChI=1S/C26H34N10O2S/c1-15(2)36-22-16(10-28-24(27-6)32-22)9-20(23(36)37)34-8-7-18(12-34)30-25(38)31-19-13-35(26(3,4)5)33-21(19)17-11-29-39-14-17/h9-11,13-15,18H,7-8,12H2,1-6H3,(H,27,28,32)(H2,30,31,38). The molecule has 5 heterocycles. The van der Waals surface area contributed by atoms with Crippen LogP contribution in [0.4, 0.5) is 22.1 Å². The highest BCUT2D eigenvalue weighted by atomic mass is 32.1. The predicted octanol–water partition coefficient (Wildman–Crippen LogP) is 3.89. The van der Waals surface area contributed by atoms with Crippen molar-refractivity contribution in [1.82, 2.24) is 34.0 Å². The van der Waals surface area contributed by atoms with Crippen LogP contribution in [0.2, 0.25) is 0 Å². The lowest BCUT2D eigenvalue weighted by Gasteiger charge is -2.22. The number of carbonyl (C=O) groups excluding carboxylic acids is 1. The number of nitrogens with zero attached hydrogens (tertiary/aromatic N) is 7. The van der Waals surface area contributed by atoms with Gasteiger partial charge in [0.15, 0.2) is 0 Å². The van der Waals surface area contributed by atoms with Crippen LogP contribution < -0.4 is 26.4 Å². The van der Waals surface area contributed by atoms with E-state index in [1.165, 1.54) is 11.5 Å². The van der Waals surface area contributed by atoms with Crippen LogP contribution in [-0.4, -0.2) is 60.9 Å². The van der Waals surface area contributed by atoms with Crippen molar-refractivity contribution < 1.29 is 4.79 Å². The molecule has 0 radical (unpaired) electrons. The molecule has 2 amide bonds. The lowest BCUT2D eigenvalue weighted by Crippen LogP contribution is -2.40. The monoisotopic (exact) mass is 550 g/mol. The second kappa shape index (κ2) is 10.3. The van der Waals surface area contributed by atoms with E-state index in [4.69, 9.17) is 5.10 Å². The third-order valence-corrected chi connectivity index (χ3v) is 7.30. The van der Waals surface area contributed by atoms with Gasteiger partial charge in [-0.05, 0) is 58.6 Å². The van der Waals surface area contributed by atoms with Crippen molar-refractivity contribution in [2.24, 2.45) is 0 Å². The third kappa shape index (κ3) is 5.31. The molecule has 0 aromatic carbocycles. The van der Waals surface area contributed by atoms with Crippen molar-refractivity contribution in [3.05, 3.63) is 40.4 Å². The fourth-order valence-electron chi connectivity index (χ4n) is 4.72. The van der Waals surface area contributed by atoms with Crippen LogP contribution in [0, 0.1) is 0 Å². The van der Waals surface area contributed by atoms with E-state index in [2.05, 4.69) is 51.1 Å². The Morgan fingerprint density at radius 1 is 1.23 bits per heavy atom. The van der Waals surface area contributed by atoms with E-state index < -0.39 is 0 Å². The zero-order valence-corrected chi connectivity index (χ0v) is 23.8. The van der Waals surface area contributed by atoms with Gasteiger partial charge in [0.2, 0.25) is 5.95 Å². The molecule has 1 saturated heterocycles. The van der Waals surface area contributed by atoms with Crippen LogP contribution in [0.1, 0.15) is 47.1 Å². The molecule has 0 aliphatic carbocycles. The first-order chi connectivity index (χ1) is 18.5. The number of pyridine rings is 1. The van der Waals surface area contributed by atoms with Crippen LogP contribution in [-0.2, 0) is 5.54 Å². The lowest BCUT2D eigenvalue weighted by molar-refractivity contribution is 0.249. The van der Waals surface area contributed by atoms with E-state index in [1.807, 2.05) is 41.1 Å². The van der Waals surface area contributed by atoms with E-state index in [0.717, 1.165) is 10.9 Å². The number of hydrogen-bond donors (Lipinski definition) is 3. The summed E-state index contributed by atoms with van der Waals surface area (Å²) in [7, 11) is 1.75. The Balaban J connectivity index is 1.34. The van der Waals surface area contributed by atoms with Crippen LogP contribution in [0.25, 0.3) is 22.3 Å². The van der Waals surface area contributed by atoms with Gasteiger partial charge < -0.3 is 20.9 Å². The molecule has 1 aliphatic rings. The molecule has 206 valence electrons. The highest BCUT2D eigenvalue weighted by Crippen LogP contribution is 2.30. The third-order valence-electron chi connectivity index (χ3n) is 6.71. The van der Waals surface area contributed by atoms with Gasteiger partial charge in [-0.3, -0.25) is 14.0 Å². The van der Waals surface area contributed by atoms with Gasteiger partial charge in [0.25, 0.3) is 5.56 Å². The summed E-state index contributed by atoms with van der Waals surface area (Å²) in [6.45, 7) is 11.3. The fourth-order valence-corrected chi connectivity index (χ4v) is 5.24. The first-order valence-electron chi connectivity index (χ1n) is 13.0. The SMILES string of the molecule is CNc1ncc2cc(N3CCC(NC(=O)Nc4cn(C(C)(C)C)nc4-c4cnsc4)C3)c(=O)n(C(C)C)c2n1. The minimum atomic E-state index is -0.314. The van der Waals surface area contributed by atoms with Crippen LogP contribution >= 0.6 is 11.5 Å². The van der Waals surface area contributed by atoms with Crippen LogP contribution in [0.5, 0.6) is 0 Å². The first-order valence-corrected chi connectivity index (χ1v) is 13.8. The summed E-state index contributed by atoms with van der Waals surface area (Å²) in [6.07, 6.45) is 6.03. The number of hydrogen-bond acceptors (Lipinski definition) is 9. The first kappa shape index (κ1) is 26.6. The van der Waals surface area contributed by atoms with Gasteiger partial charge in [0.1, 0.15) is 17.0 Å². The molecule has 3 N–H and O–H groups in total. The van der Waals surface area contributed by atoms with Crippen molar-refractivity contribution in [2.45, 2.75) is 58.7 Å². The molecule has 4 aromatic heterocycles. The number of urea groups is 1. The molecular weight excluding hydrogens is 516 g/mol. The maximum atomic E-state index is 13.5. The number of fused-ring (bicyclic) bond motifs is 1. The summed E-state index contributed by atoms with van der Waals surface area (Å²) >= 11 is 1.34. The number of nitrogens with one attached hydrogen (secondary N) is 3. The molecular formula is C26H34N10O2S. The van der Waals surface area contributed by atoms with E-state index in [-0.39, 0.29) is 29.2 Å². The van der Waals surface area contributed by atoms with Gasteiger partial charge in [-0.2, -0.15) is 10.1 Å². The average Bonchev–Trinajstić information content (AvgIpc) is 3.64. The second-order valence-electron chi connectivity index (χ2n) is 11.0. The zero-order valence-electron chi connectivity index (χ0n) is 23.0. The van der Waals surface area contributed by atoms with E-state index >= 15 is 0 Å². The smallest absolute Gasteiger partial charge is 0.319 e. The summed E-state index contributed by atoms with van der Waals surface area (Å²) in [5.41, 5.74) is 2.98. The van der Waals surface area contributed by atoms with Crippen molar-refractivity contribution >= 4 is 45.9 Å². The Labute approximate surface area is 230 Å². The summed E-state index contributed by atoms with van der Waals surface area (Å²) in [5.74, 6) is 0.465. The molecule has 1 aliphatic heterocycles. The fraction of sp³-hybridized carbons (Fsp3) is 0.462. The Kier molecular flexibility index (Phi) is 7.02. The Hall–Kier alpha value is -4.00. The molecule has 0 spiro atoms. The molecule has 4 aromatic rings. The highest BCUT2D eigenvalue weighted by molar-refractivity contribution is 7.03. The lowest BCUT2D eigenvalue weighted by atomic mass is 10.1. The maximum Gasteiger partial charge on any atom is 0.319 e. The second-order valence-corrected chi connectivity index (χ2v) is 11.6. The quantitative estimate of drug-likeness (QED) is 0.329. The predicted molar refractivity (Wildman–Crippen MR) is 155 cm³/mol. The summed E-state index contributed by atoms with van der Waals surface area (Å²) in [5, 5.41) is 16.4. The van der Waals surface area contributed by atoms with Gasteiger partial charge in [-0.25, -0.2) is 14.2 Å². The molecule has 0 bridgehead atoms. The average molecular weight is 551 g/mol. The van der Waals surface area contributed by atoms with Crippen LogP contribution in [0.15, 0.2) is 34.8 Å². The Bertz CT molecular complexity index is 1550. The van der Waals surface area contributed by atoms with Gasteiger partial charge in [0, 0.05) is 60.9 Å². The number of amides is 2. The van der Waals surface area contributed by atoms with Crippen molar-refractivity contribution in [3.8, 4) is 11.3 Å². The van der Waals surface area contributed by atoms with E-state index in [1.54, 1.807) is 24.0 Å². The summed E-state index contributed by atoms with van der Waals surface area (Å²) in [4.78, 5) is 37.5. The number of carbonyl (C=O) groups is 1.